The molecule has 1 aromatic heterocycles. The first kappa shape index (κ1) is 37.2. The van der Waals surface area contributed by atoms with Crippen molar-refractivity contribution >= 4 is 28.6 Å². The fourth-order valence-electron chi connectivity index (χ4n) is 6.70. The Morgan fingerprint density at radius 2 is 1.52 bits per heavy atom. The van der Waals surface area contributed by atoms with Crippen LogP contribution in [0.15, 0.2) is 42.5 Å². The number of rotatable bonds is 15. The van der Waals surface area contributed by atoms with Crippen molar-refractivity contribution in [3.63, 3.8) is 0 Å². The van der Waals surface area contributed by atoms with Gasteiger partial charge in [0.1, 0.15) is 12.6 Å². The highest BCUT2D eigenvalue weighted by atomic mass is 19.2. The van der Waals surface area contributed by atoms with Crippen molar-refractivity contribution in [1.82, 2.24) is 25.0 Å². The maximum atomic E-state index is 14.4. The van der Waals surface area contributed by atoms with Gasteiger partial charge in [0, 0.05) is 44.7 Å². The van der Waals surface area contributed by atoms with Gasteiger partial charge in [0.15, 0.2) is 23.1 Å². The summed E-state index contributed by atoms with van der Waals surface area (Å²) in [6.07, 6.45) is 4.91. The molecule has 13 heteroatoms. The molecule has 3 aromatic rings. The first-order chi connectivity index (χ1) is 24.2. The van der Waals surface area contributed by atoms with Crippen LogP contribution in [0.4, 0.5) is 8.78 Å². The zero-order chi connectivity index (χ0) is 35.6. The zero-order valence-electron chi connectivity index (χ0n) is 29.2. The molecular weight excluding hydrogens is 648 g/mol. The molecule has 0 bridgehead atoms. The molecule has 2 aromatic carbocycles. The number of amides is 3. The van der Waals surface area contributed by atoms with Crippen LogP contribution in [0, 0.1) is 17.6 Å². The third kappa shape index (κ3) is 8.98. The highest BCUT2D eigenvalue weighted by molar-refractivity contribution is 6.04. The number of ether oxygens (including phenoxy) is 3. The van der Waals surface area contributed by atoms with E-state index >= 15 is 0 Å². The van der Waals surface area contributed by atoms with Crippen molar-refractivity contribution in [2.75, 3.05) is 59.7 Å². The first-order valence-electron chi connectivity index (χ1n) is 17.5. The largest absolute Gasteiger partial charge is 0.488 e. The van der Waals surface area contributed by atoms with Crippen LogP contribution in [0.2, 0.25) is 0 Å². The Bertz CT molecular complexity index is 1600. The summed E-state index contributed by atoms with van der Waals surface area (Å²) >= 11 is 0. The van der Waals surface area contributed by atoms with Gasteiger partial charge in [0.25, 0.3) is 5.91 Å². The molecular formula is C37H49F2N5O6. The fourth-order valence-corrected chi connectivity index (χ4v) is 6.70. The number of hydrogen-bond donors (Lipinski definition) is 2. The molecule has 1 saturated heterocycles. The number of likely N-dealkylation sites (N-methyl/N-ethyl adjacent to an activating group) is 1. The Morgan fingerprint density at radius 3 is 2.22 bits per heavy atom. The van der Waals surface area contributed by atoms with Gasteiger partial charge in [-0.2, -0.15) is 0 Å². The maximum absolute atomic E-state index is 14.4. The second-order valence-corrected chi connectivity index (χ2v) is 13.0. The van der Waals surface area contributed by atoms with Gasteiger partial charge >= 0.3 is 0 Å². The average molecular weight is 698 g/mol. The van der Waals surface area contributed by atoms with E-state index in [2.05, 4.69) is 10.6 Å². The van der Waals surface area contributed by atoms with E-state index in [1.165, 1.54) is 4.57 Å². The molecule has 272 valence electrons. The number of nitrogens with zero attached hydrogens (tertiary/aromatic N) is 3. The number of fused-ring (bicyclic) bond motifs is 1. The summed E-state index contributed by atoms with van der Waals surface area (Å²) in [6, 6.07) is 10.8. The van der Waals surface area contributed by atoms with E-state index in [-0.39, 0.29) is 79.9 Å². The lowest BCUT2D eigenvalue weighted by Gasteiger charge is -2.39. The van der Waals surface area contributed by atoms with Crippen molar-refractivity contribution in [2.45, 2.75) is 57.7 Å². The summed E-state index contributed by atoms with van der Waals surface area (Å²) < 4.78 is 47.6. The van der Waals surface area contributed by atoms with Crippen LogP contribution in [0.5, 0.6) is 5.75 Å². The second kappa shape index (κ2) is 17.7. The zero-order valence-corrected chi connectivity index (χ0v) is 29.2. The van der Waals surface area contributed by atoms with Crippen LogP contribution in [0.25, 0.3) is 10.9 Å². The lowest BCUT2D eigenvalue weighted by atomic mass is 9.83. The van der Waals surface area contributed by atoms with Gasteiger partial charge in [0.05, 0.1) is 38.0 Å². The number of benzene rings is 2. The number of hydrogen-bond acceptors (Lipinski definition) is 7. The molecule has 2 atom stereocenters. The van der Waals surface area contributed by atoms with Crippen molar-refractivity contribution in [2.24, 2.45) is 13.0 Å². The maximum Gasteiger partial charge on any atom is 0.274 e. The van der Waals surface area contributed by atoms with Crippen LogP contribution < -0.4 is 15.4 Å². The minimum absolute atomic E-state index is 0.0611. The van der Waals surface area contributed by atoms with E-state index in [0.717, 1.165) is 49.8 Å². The van der Waals surface area contributed by atoms with Gasteiger partial charge in [-0.25, -0.2) is 8.78 Å². The summed E-state index contributed by atoms with van der Waals surface area (Å²) in [6.45, 7) is 4.27. The van der Waals surface area contributed by atoms with Crippen molar-refractivity contribution in [3.8, 4) is 5.75 Å². The predicted octanol–water partition coefficient (Wildman–Crippen LogP) is 4.03. The van der Waals surface area contributed by atoms with Gasteiger partial charge in [-0.15, -0.1) is 0 Å². The third-order valence-electron chi connectivity index (χ3n) is 9.75. The third-order valence-corrected chi connectivity index (χ3v) is 9.75. The molecule has 2 heterocycles. The molecule has 1 aliphatic carbocycles. The Labute approximate surface area is 292 Å². The summed E-state index contributed by atoms with van der Waals surface area (Å²) in [4.78, 5) is 44.0. The number of piperazine rings is 1. The first-order valence-corrected chi connectivity index (χ1v) is 17.5. The van der Waals surface area contributed by atoms with E-state index in [1.807, 2.05) is 30.3 Å². The van der Waals surface area contributed by atoms with Gasteiger partial charge in [-0.05, 0) is 44.4 Å². The Morgan fingerprint density at radius 1 is 0.880 bits per heavy atom. The van der Waals surface area contributed by atoms with Crippen LogP contribution >= 0.6 is 0 Å². The molecule has 1 saturated carbocycles. The van der Waals surface area contributed by atoms with E-state index in [1.54, 1.807) is 30.8 Å². The minimum atomic E-state index is -1.05. The molecule has 3 amide bonds. The Hall–Kier alpha value is -4.07. The smallest absolute Gasteiger partial charge is 0.274 e. The second-order valence-electron chi connectivity index (χ2n) is 13.0. The SMILES string of the molecule is CNC(C)C(=O)N[C@H](C(=O)N1CCN(C(=O)c2c(OCCOCCOCc3ccccc3)c3cc(F)c(F)cc3n2C)CC1)C1CCCCC1. The number of carbonyl (C=O) groups is 3. The Balaban J connectivity index is 1.22. The number of nitrogens with one attached hydrogen (secondary N) is 2. The van der Waals surface area contributed by atoms with E-state index in [4.69, 9.17) is 14.2 Å². The van der Waals surface area contributed by atoms with Crippen molar-refractivity contribution < 1.29 is 37.4 Å². The van der Waals surface area contributed by atoms with Crippen molar-refractivity contribution in [3.05, 3.63) is 65.4 Å². The summed E-state index contributed by atoms with van der Waals surface area (Å²) in [7, 11) is 3.32. The van der Waals surface area contributed by atoms with Gasteiger partial charge in [-0.1, -0.05) is 49.6 Å². The molecule has 1 unspecified atom stereocenters. The molecule has 2 N–H and O–H groups in total. The van der Waals surface area contributed by atoms with Gasteiger partial charge in [-0.3, -0.25) is 14.4 Å². The van der Waals surface area contributed by atoms with E-state index < -0.39 is 23.7 Å². The number of carbonyl (C=O) groups excluding carboxylic acids is 3. The van der Waals surface area contributed by atoms with Crippen molar-refractivity contribution in [1.29, 1.82) is 0 Å². The van der Waals surface area contributed by atoms with Crippen LogP contribution in [-0.4, -0.2) is 104 Å². The highest BCUT2D eigenvalue weighted by Crippen LogP contribution is 2.35. The lowest BCUT2D eigenvalue weighted by Crippen LogP contribution is -2.59. The summed E-state index contributed by atoms with van der Waals surface area (Å²) in [5, 5.41) is 6.22. The summed E-state index contributed by atoms with van der Waals surface area (Å²) in [5.41, 5.74) is 1.53. The summed E-state index contributed by atoms with van der Waals surface area (Å²) in [5.74, 6) is -2.60. The van der Waals surface area contributed by atoms with Gasteiger partial charge < -0.3 is 39.2 Å². The molecule has 2 aliphatic rings. The van der Waals surface area contributed by atoms with E-state index in [0.29, 0.717) is 25.3 Å². The lowest BCUT2D eigenvalue weighted by molar-refractivity contribution is -0.140. The Kier molecular flexibility index (Phi) is 13.2. The minimum Gasteiger partial charge on any atom is -0.488 e. The van der Waals surface area contributed by atoms with Crippen LogP contribution in [0.3, 0.4) is 0 Å². The molecule has 0 radical (unpaired) electrons. The molecule has 50 heavy (non-hydrogen) atoms. The normalized spacial score (nSPS) is 16.7. The molecule has 11 nitrogen and oxygen atoms in total. The predicted molar refractivity (Wildman–Crippen MR) is 185 cm³/mol. The molecule has 2 fully saturated rings. The molecule has 1 aliphatic heterocycles. The van der Waals surface area contributed by atoms with Crippen LogP contribution in [0.1, 0.15) is 55.1 Å². The number of aromatic nitrogens is 1. The highest BCUT2D eigenvalue weighted by Gasteiger charge is 2.37. The number of halogens is 2. The monoisotopic (exact) mass is 697 g/mol. The standard InChI is InChI=1S/C37H49F2N5O6/c1-25(40-2)35(45)41-32(27-12-8-5-9-13-27)36(46)43-14-16-44(17-15-43)37(47)33-34(28-22-29(38)30(39)23-31(28)42(33)3)50-21-20-48-18-19-49-24-26-10-6-4-7-11-26/h4,6-7,10-11,22-23,25,27,32,40H,5,8-9,12-21,24H2,1-3H3,(H,41,45)/t25?,32-/m0/s1. The topological polar surface area (TPSA) is 114 Å². The van der Waals surface area contributed by atoms with Gasteiger partial charge in [0.2, 0.25) is 11.8 Å². The average Bonchev–Trinajstić information content (AvgIpc) is 3.40. The quantitative estimate of drug-likeness (QED) is 0.231. The number of aryl methyl sites for hydroxylation is 1. The molecule has 5 rings (SSSR count). The fraction of sp³-hybridized carbons (Fsp3) is 0.541. The van der Waals surface area contributed by atoms with Crippen LogP contribution in [-0.2, 0) is 32.7 Å². The van der Waals surface area contributed by atoms with E-state index in [9.17, 15) is 23.2 Å². The molecule has 0 spiro atoms.